The smallest absolute Gasteiger partial charge is 0.272 e. The van der Waals surface area contributed by atoms with Gasteiger partial charge in [0.25, 0.3) is 5.91 Å². The molecule has 4 unspecified atom stereocenters. The summed E-state index contributed by atoms with van der Waals surface area (Å²) in [6, 6.07) is 5.43. The number of amides is 1. The van der Waals surface area contributed by atoms with Crippen LogP contribution in [0.15, 0.2) is 24.4 Å². The maximum absolute atomic E-state index is 13.2. The van der Waals surface area contributed by atoms with Gasteiger partial charge in [-0.15, -0.1) is 0 Å². The number of nitrogens with zero attached hydrogens (tertiary/aromatic N) is 2. The third-order valence-electron chi connectivity index (χ3n) is 16.4. The minimum Gasteiger partial charge on any atom is -0.390 e. The van der Waals surface area contributed by atoms with E-state index in [4.69, 9.17) is 14.2 Å². The van der Waals surface area contributed by atoms with E-state index in [0.29, 0.717) is 43.6 Å². The highest BCUT2D eigenvalue weighted by Gasteiger charge is 2.84. The molecule has 2 spiro atoms. The second kappa shape index (κ2) is 11.2. The Balaban J connectivity index is 1.00. The van der Waals surface area contributed by atoms with Crippen molar-refractivity contribution in [3.63, 3.8) is 0 Å². The van der Waals surface area contributed by atoms with Gasteiger partial charge in [-0.2, -0.15) is 0 Å². The Labute approximate surface area is 292 Å². The van der Waals surface area contributed by atoms with E-state index in [9.17, 15) is 20.1 Å². The average Bonchev–Trinajstić information content (AvgIpc) is 3.70. The van der Waals surface area contributed by atoms with E-state index < -0.39 is 30.2 Å². The molecule has 0 aromatic carbocycles. The lowest BCUT2D eigenvalue weighted by atomic mass is 9.41. The van der Waals surface area contributed by atoms with Gasteiger partial charge in [-0.05, 0) is 123 Å². The van der Waals surface area contributed by atoms with Gasteiger partial charge in [-0.25, -0.2) is 0 Å². The zero-order chi connectivity index (χ0) is 34.9. The number of pyridine rings is 1. The number of fused-ring (bicyclic) bond motifs is 4. The molecule has 2 aliphatic heterocycles. The fraction of sp³-hybridized carbons (Fsp3) is 0.850. The monoisotopic (exact) mass is 680 g/mol. The minimum atomic E-state index is -1.26. The largest absolute Gasteiger partial charge is 0.390 e. The number of aromatic nitrogens is 1. The zero-order valence-corrected chi connectivity index (χ0v) is 30.7. The molecule has 9 nitrogen and oxygen atoms in total. The van der Waals surface area contributed by atoms with Crippen LogP contribution in [0, 0.1) is 50.7 Å². The lowest BCUT2D eigenvalue weighted by molar-refractivity contribution is -0.245. The van der Waals surface area contributed by atoms with E-state index in [2.05, 4.69) is 39.6 Å². The van der Waals surface area contributed by atoms with E-state index in [0.717, 1.165) is 32.1 Å². The van der Waals surface area contributed by atoms with Crippen LogP contribution in [-0.2, 0) is 14.2 Å². The molecule has 0 bridgehead atoms. The van der Waals surface area contributed by atoms with Crippen molar-refractivity contribution in [2.75, 3.05) is 19.7 Å². The molecule has 3 heterocycles. The summed E-state index contributed by atoms with van der Waals surface area (Å²) in [7, 11) is 0. The molecule has 2 saturated heterocycles. The van der Waals surface area contributed by atoms with Crippen molar-refractivity contribution in [1.82, 2.24) is 9.88 Å². The fourth-order valence-electron chi connectivity index (χ4n) is 13.9. The van der Waals surface area contributed by atoms with Gasteiger partial charge >= 0.3 is 0 Å². The summed E-state index contributed by atoms with van der Waals surface area (Å²) in [6.07, 6.45) is 7.40. The topological polar surface area (TPSA) is 122 Å². The number of rotatable bonds is 5. The molecule has 5 aliphatic carbocycles. The second-order valence-corrected chi connectivity index (χ2v) is 19.0. The second-order valence-electron chi connectivity index (χ2n) is 19.0. The van der Waals surface area contributed by atoms with E-state index in [1.807, 2.05) is 17.0 Å². The van der Waals surface area contributed by atoms with Crippen molar-refractivity contribution < 1.29 is 34.3 Å². The Morgan fingerprint density at radius 2 is 1.82 bits per heavy atom. The Bertz CT molecular complexity index is 1450. The van der Waals surface area contributed by atoms with Crippen LogP contribution in [0.5, 0.6) is 0 Å². The van der Waals surface area contributed by atoms with Crippen molar-refractivity contribution >= 4 is 5.91 Å². The van der Waals surface area contributed by atoms with Crippen molar-refractivity contribution in [1.29, 1.82) is 0 Å². The third-order valence-corrected chi connectivity index (χ3v) is 16.4. The molecule has 0 radical (unpaired) electrons. The van der Waals surface area contributed by atoms with Gasteiger partial charge in [-0.3, -0.25) is 9.78 Å². The molecular weight excluding hydrogens is 620 g/mol. The molecule has 8 rings (SSSR count). The fourth-order valence-corrected chi connectivity index (χ4v) is 13.9. The lowest BCUT2D eigenvalue weighted by Crippen LogP contribution is -2.60. The molecule has 5 saturated carbocycles. The summed E-state index contributed by atoms with van der Waals surface area (Å²) in [6.45, 7) is 16.6. The molecule has 272 valence electrons. The lowest BCUT2D eigenvalue weighted by Gasteiger charge is -2.64. The predicted molar refractivity (Wildman–Crippen MR) is 183 cm³/mol. The van der Waals surface area contributed by atoms with Crippen molar-refractivity contribution in [3.05, 3.63) is 30.1 Å². The van der Waals surface area contributed by atoms with Gasteiger partial charge in [-0.1, -0.05) is 40.7 Å². The van der Waals surface area contributed by atoms with Crippen LogP contribution in [0.1, 0.15) is 110 Å². The van der Waals surface area contributed by atoms with Crippen molar-refractivity contribution in [2.24, 2.45) is 50.7 Å². The van der Waals surface area contributed by atoms with Crippen LogP contribution >= 0.6 is 0 Å². The quantitative estimate of drug-likeness (QED) is 0.388. The first-order chi connectivity index (χ1) is 23.0. The molecular formula is C40H60N2O7. The standard InChI is InChI=1S/C40H60N2O7/c1-23-20-25(32(43)36(4,5)46)48-31-30(23)37(6)15-16-40-22-39(40)14-13-28(35(2,3)26(39)11-12-27(40)38(37,7)33(31)44)49-29-21-42(18-19-47-29)34(45)24-10-8-9-17-41-24/h8-10,17,23,25-33,43-44,46H,11-16,18-22H2,1-7H3/t23-,25?,26+,27?,28?,29+,30+,31?,32+,33+,37-,38-,39-,40+/m1/s1. The number of carbonyl (C=O) groups excluding carboxylic acids is 1. The normalized spacial score (nSPS) is 49.1. The number of aliphatic hydroxyl groups excluding tert-OH is 2. The Kier molecular flexibility index (Phi) is 7.87. The van der Waals surface area contributed by atoms with Crippen molar-refractivity contribution in [3.8, 4) is 0 Å². The molecule has 1 aromatic rings. The summed E-state index contributed by atoms with van der Waals surface area (Å²) in [5.74, 6) is 1.38. The van der Waals surface area contributed by atoms with Gasteiger partial charge in [0.2, 0.25) is 0 Å². The molecule has 49 heavy (non-hydrogen) atoms. The van der Waals surface area contributed by atoms with Crippen LogP contribution in [0.2, 0.25) is 0 Å². The summed E-state index contributed by atoms with van der Waals surface area (Å²) in [4.78, 5) is 19.3. The zero-order valence-electron chi connectivity index (χ0n) is 30.7. The van der Waals surface area contributed by atoms with Crippen LogP contribution < -0.4 is 0 Å². The molecule has 1 aromatic heterocycles. The van der Waals surface area contributed by atoms with Gasteiger partial charge < -0.3 is 34.4 Å². The number of ether oxygens (including phenoxy) is 3. The van der Waals surface area contributed by atoms with Crippen LogP contribution in [0.25, 0.3) is 0 Å². The third kappa shape index (κ3) is 4.64. The number of hydrogen-bond donors (Lipinski definition) is 3. The van der Waals surface area contributed by atoms with Gasteiger partial charge in [0, 0.05) is 18.2 Å². The number of hydrogen-bond acceptors (Lipinski definition) is 8. The Morgan fingerprint density at radius 1 is 1.08 bits per heavy atom. The van der Waals surface area contributed by atoms with Crippen LogP contribution in [0.3, 0.4) is 0 Å². The Hall–Kier alpha value is -1.62. The first-order valence-corrected chi connectivity index (χ1v) is 19.2. The molecule has 14 atom stereocenters. The molecule has 3 N–H and O–H groups in total. The SMILES string of the molecule is C[C@@H]1CC([C@H](O)C(C)(C)O)OC2[C@H]1[C@@]1(C)CC[C@@]34C[C@@]35CCC(O[C@H]3CN(C(=O)c6ccccn6)CCO3)C(C)(C)[C@@H]5CCC4[C@]1(C)[C@H]2O. The summed E-state index contributed by atoms with van der Waals surface area (Å²) < 4.78 is 19.6. The van der Waals surface area contributed by atoms with Crippen molar-refractivity contribution in [2.45, 2.75) is 142 Å². The highest BCUT2D eigenvalue weighted by molar-refractivity contribution is 5.92. The number of morpholine rings is 1. The van der Waals surface area contributed by atoms with Gasteiger partial charge in [0.05, 0.1) is 43.2 Å². The van der Waals surface area contributed by atoms with E-state index in [1.54, 1.807) is 26.1 Å². The van der Waals surface area contributed by atoms with Crippen LogP contribution in [0.4, 0.5) is 0 Å². The molecule has 1 amide bonds. The van der Waals surface area contributed by atoms with E-state index in [1.165, 1.54) is 12.8 Å². The first-order valence-electron chi connectivity index (χ1n) is 19.2. The highest BCUT2D eigenvalue weighted by atomic mass is 16.7. The molecule has 9 heteroatoms. The average molecular weight is 681 g/mol. The predicted octanol–water partition coefficient (Wildman–Crippen LogP) is 5.21. The summed E-state index contributed by atoms with van der Waals surface area (Å²) in [5, 5.41) is 34.1. The summed E-state index contributed by atoms with van der Waals surface area (Å²) >= 11 is 0. The van der Waals surface area contributed by atoms with Gasteiger partial charge in [0.15, 0.2) is 6.29 Å². The number of carbonyl (C=O) groups is 1. The summed E-state index contributed by atoms with van der Waals surface area (Å²) in [5.41, 5.74) is -0.712. The first kappa shape index (κ1) is 34.5. The number of aliphatic hydroxyl groups is 3. The van der Waals surface area contributed by atoms with E-state index in [-0.39, 0.29) is 57.0 Å². The maximum atomic E-state index is 13.2. The minimum absolute atomic E-state index is 0.0463. The highest BCUT2D eigenvalue weighted by Crippen LogP contribution is 2.89. The maximum Gasteiger partial charge on any atom is 0.272 e. The van der Waals surface area contributed by atoms with Crippen LogP contribution in [-0.4, -0.2) is 93.2 Å². The molecule has 7 fully saturated rings. The Morgan fingerprint density at radius 3 is 2.53 bits per heavy atom. The molecule has 7 aliphatic rings. The van der Waals surface area contributed by atoms with Gasteiger partial charge in [0.1, 0.15) is 11.8 Å². The van der Waals surface area contributed by atoms with E-state index >= 15 is 0 Å².